The van der Waals surface area contributed by atoms with Crippen LogP contribution in [0.4, 0.5) is 4.79 Å². The topological polar surface area (TPSA) is 103 Å². The van der Waals surface area contributed by atoms with Gasteiger partial charge in [-0.15, -0.1) is 0 Å². The zero-order valence-electron chi connectivity index (χ0n) is 18.8. The predicted octanol–water partition coefficient (Wildman–Crippen LogP) is 0.917. The second-order valence-electron chi connectivity index (χ2n) is 8.53. The molecule has 0 bridgehead atoms. The third-order valence-corrected chi connectivity index (χ3v) is 5.34. The third-order valence-electron chi connectivity index (χ3n) is 4.36. The first kappa shape index (κ1) is 25.5. The third kappa shape index (κ3) is 11.9. The van der Waals surface area contributed by atoms with Gasteiger partial charge in [-0.1, -0.05) is 0 Å². The molecular weight excluding hydrogens is 394 g/mol. The van der Waals surface area contributed by atoms with Crippen LogP contribution < -0.4 is 10.6 Å². The molecule has 9 nitrogen and oxygen atoms in total. The van der Waals surface area contributed by atoms with Crippen LogP contribution >= 0.6 is 0 Å². The highest BCUT2D eigenvalue weighted by Gasteiger charge is 2.25. The molecule has 0 aromatic carbocycles. The Hall–Kier alpha value is -1.55. The van der Waals surface area contributed by atoms with Crippen molar-refractivity contribution in [2.45, 2.75) is 52.7 Å². The average Bonchev–Trinajstić information content (AvgIpc) is 2.58. The maximum absolute atomic E-state index is 12.1. The lowest BCUT2D eigenvalue weighted by molar-refractivity contribution is 0.0148. The van der Waals surface area contributed by atoms with Gasteiger partial charge in [0.2, 0.25) is 0 Å². The quantitative estimate of drug-likeness (QED) is 0.433. The van der Waals surface area contributed by atoms with Crippen LogP contribution in [-0.2, 0) is 14.6 Å². The fourth-order valence-corrected chi connectivity index (χ4v) is 3.58. The Morgan fingerprint density at radius 1 is 1.21 bits per heavy atom. The van der Waals surface area contributed by atoms with Crippen LogP contribution in [0.3, 0.4) is 0 Å². The summed E-state index contributed by atoms with van der Waals surface area (Å²) in [7, 11) is -2.96. The van der Waals surface area contributed by atoms with Crippen LogP contribution in [0.2, 0.25) is 0 Å². The number of sulfone groups is 1. The summed E-state index contributed by atoms with van der Waals surface area (Å²) in [6.07, 6.45) is 1.54. The van der Waals surface area contributed by atoms with E-state index in [0.29, 0.717) is 32.0 Å². The minimum Gasteiger partial charge on any atom is -0.444 e. The number of carbonyl (C=O) groups is 1. The molecule has 0 radical (unpaired) electrons. The van der Waals surface area contributed by atoms with Crippen LogP contribution in [0.5, 0.6) is 0 Å². The summed E-state index contributed by atoms with van der Waals surface area (Å²) in [5, 5.41) is 6.45. The highest BCUT2D eigenvalue weighted by Crippen LogP contribution is 2.11. The van der Waals surface area contributed by atoms with Crippen molar-refractivity contribution in [3.8, 4) is 0 Å². The molecular formula is C19H39N5O4S. The largest absolute Gasteiger partial charge is 0.444 e. The molecule has 1 unspecified atom stereocenters. The van der Waals surface area contributed by atoms with Crippen molar-refractivity contribution in [1.82, 2.24) is 20.4 Å². The van der Waals surface area contributed by atoms with E-state index >= 15 is 0 Å². The molecule has 170 valence electrons. The SMILES string of the molecule is CCNC(=NCCN1CCN(C(=O)OC(C)(C)C)CC1)NC(C)CCS(C)(=O)=O. The molecule has 1 aliphatic rings. The van der Waals surface area contributed by atoms with Gasteiger partial charge in [0.15, 0.2) is 5.96 Å². The molecule has 0 spiro atoms. The van der Waals surface area contributed by atoms with Crippen LogP contribution in [0, 0.1) is 0 Å². The van der Waals surface area contributed by atoms with E-state index in [1.165, 1.54) is 6.26 Å². The summed E-state index contributed by atoms with van der Waals surface area (Å²) < 4.78 is 28.1. The molecule has 1 amide bonds. The van der Waals surface area contributed by atoms with Gasteiger partial charge >= 0.3 is 6.09 Å². The van der Waals surface area contributed by atoms with Gasteiger partial charge in [0.05, 0.1) is 12.3 Å². The second kappa shape index (κ2) is 11.6. The molecule has 1 rings (SSSR count). The molecule has 1 atom stereocenters. The average molecular weight is 434 g/mol. The molecule has 10 heteroatoms. The molecule has 1 heterocycles. The summed E-state index contributed by atoms with van der Waals surface area (Å²) in [6, 6.07) is 0.0138. The Labute approximate surface area is 176 Å². The van der Waals surface area contributed by atoms with Crippen LogP contribution in [0.1, 0.15) is 41.0 Å². The normalized spacial score (nSPS) is 17.7. The number of nitrogens with one attached hydrogen (secondary N) is 2. The monoisotopic (exact) mass is 433 g/mol. The Bertz CT molecular complexity index is 637. The Kier molecular flexibility index (Phi) is 10.2. The van der Waals surface area contributed by atoms with Crippen molar-refractivity contribution in [3.05, 3.63) is 0 Å². The lowest BCUT2D eigenvalue weighted by atomic mass is 10.2. The number of nitrogens with zero attached hydrogens (tertiary/aromatic N) is 3. The number of hydrogen-bond acceptors (Lipinski definition) is 6. The molecule has 0 aromatic rings. The zero-order valence-corrected chi connectivity index (χ0v) is 19.6. The molecule has 1 fully saturated rings. The van der Waals surface area contributed by atoms with Gasteiger partial charge in [0.25, 0.3) is 0 Å². The highest BCUT2D eigenvalue weighted by molar-refractivity contribution is 7.90. The van der Waals surface area contributed by atoms with Crippen molar-refractivity contribution in [1.29, 1.82) is 0 Å². The minimum atomic E-state index is -2.96. The van der Waals surface area contributed by atoms with E-state index in [4.69, 9.17) is 4.74 Å². The Balaban J connectivity index is 2.40. The summed E-state index contributed by atoms with van der Waals surface area (Å²) in [6.45, 7) is 14.6. The Morgan fingerprint density at radius 2 is 1.83 bits per heavy atom. The van der Waals surface area contributed by atoms with E-state index < -0.39 is 15.4 Å². The van der Waals surface area contributed by atoms with E-state index in [1.807, 2.05) is 34.6 Å². The lowest BCUT2D eigenvalue weighted by Gasteiger charge is -2.35. The standard InChI is InChI=1S/C19H39N5O4S/c1-7-20-17(22-16(2)8-15-29(6,26)27)21-9-10-23-11-13-24(14-12-23)18(25)28-19(3,4)5/h16H,7-15H2,1-6H3,(H2,20,21,22). The summed E-state index contributed by atoms with van der Waals surface area (Å²) in [5.74, 6) is 0.851. The maximum atomic E-state index is 12.1. The minimum absolute atomic E-state index is 0.0138. The van der Waals surface area contributed by atoms with Crippen molar-refractivity contribution in [2.75, 3.05) is 57.8 Å². The van der Waals surface area contributed by atoms with E-state index in [2.05, 4.69) is 20.5 Å². The summed E-state index contributed by atoms with van der Waals surface area (Å²) in [4.78, 5) is 20.7. The zero-order chi connectivity index (χ0) is 22.1. The van der Waals surface area contributed by atoms with E-state index in [9.17, 15) is 13.2 Å². The van der Waals surface area contributed by atoms with Crippen LogP contribution in [0.15, 0.2) is 4.99 Å². The van der Waals surface area contributed by atoms with Gasteiger partial charge in [-0.25, -0.2) is 13.2 Å². The van der Waals surface area contributed by atoms with Gasteiger partial charge in [-0.05, 0) is 41.0 Å². The summed E-state index contributed by atoms with van der Waals surface area (Å²) >= 11 is 0. The fraction of sp³-hybridized carbons (Fsp3) is 0.895. The molecule has 1 aliphatic heterocycles. The maximum Gasteiger partial charge on any atom is 0.410 e. The number of piperazine rings is 1. The van der Waals surface area contributed by atoms with Crippen molar-refractivity contribution >= 4 is 21.9 Å². The first-order valence-corrected chi connectivity index (χ1v) is 12.4. The molecule has 0 aromatic heterocycles. The first-order chi connectivity index (χ1) is 13.4. The highest BCUT2D eigenvalue weighted by atomic mass is 32.2. The fourth-order valence-electron chi connectivity index (χ4n) is 2.80. The molecule has 0 aliphatic carbocycles. The number of amides is 1. The number of carbonyl (C=O) groups excluding carboxylic acids is 1. The molecule has 2 N–H and O–H groups in total. The Morgan fingerprint density at radius 3 is 2.34 bits per heavy atom. The number of guanidine groups is 1. The summed E-state index contributed by atoms with van der Waals surface area (Å²) in [5.41, 5.74) is -0.475. The van der Waals surface area contributed by atoms with Crippen LogP contribution in [-0.4, -0.2) is 99.7 Å². The molecule has 0 saturated carbocycles. The first-order valence-electron chi connectivity index (χ1n) is 10.3. The number of rotatable bonds is 8. The van der Waals surface area contributed by atoms with Gasteiger partial charge in [0.1, 0.15) is 15.4 Å². The van der Waals surface area contributed by atoms with Crippen molar-refractivity contribution in [3.63, 3.8) is 0 Å². The van der Waals surface area contributed by atoms with Gasteiger partial charge in [-0.2, -0.15) is 0 Å². The van der Waals surface area contributed by atoms with E-state index in [-0.39, 0.29) is 17.9 Å². The van der Waals surface area contributed by atoms with Gasteiger partial charge < -0.3 is 20.3 Å². The van der Waals surface area contributed by atoms with Crippen molar-refractivity contribution < 1.29 is 17.9 Å². The predicted molar refractivity (Wildman–Crippen MR) is 117 cm³/mol. The number of hydrogen-bond donors (Lipinski definition) is 2. The van der Waals surface area contributed by atoms with E-state index in [1.54, 1.807) is 4.90 Å². The van der Waals surface area contributed by atoms with Gasteiger partial charge in [0, 0.05) is 51.6 Å². The molecule has 1 saturated heterocycles. The van der Waals surface area contributed by atoms with Crippen LogP contribution in [0.25, 0.3) is 0 Å². The van der Waals surface area contributed by atoms with Gasteiger partial charge in [-0.3, -0.25) is 9.89 Å². The van der Waals surface area contributed by atoms with Crippen molar-refractivity contribution in [2.24, 2.45) is 4.99 Å². The number of aliphatic imine (C=N–C) groups is 1. The second-order valence-corrected chi connectivity index (χ2v) is 10.8. The smallest absolute Gasteiger partial charge is 0.410 e. The van der Waals surface area contributed by atoms with E-state index in [0.717, 1.165) is 26.2 Å². The lowest BCUT2D eigenvalue weighted by Crippen LogP contribution is -2.50. The number of ether oxygens (including phenoxy) is 1. The molecule has 29 heavy (non-hydrogen) atoms.